The quantitative estimate of drug-likeness (QED) is 0.00880. The summed E-state index contributed by atoms with van der Waals surface area (Å²) in [6, 6.07) is 43.4. The van der Waals surface area contributed by atoms with Crippen LogP contribution in [0.25, 0.3) is 25.1 Å². The SMILES string of the molecule is CCC(C)(C)C(=O)OC1(C)CCCC1.CCC(C)(C)C(=O)OCCOC(=O)c1c(I)c(NC(C)=O)c(I)c(NC(C)=O)c1I.CCC(C)(C)C(=O)Oc1cc(C(=O)OC(CS(=O)(=O)[O-])C(F)(F)F)ccc1I.CCC(C)c1cc(I)c(O)c(I)c1.CCC(C)c1ccc(O)cc1.c1ccc(-[s+]2c3ccccc3c3ccccc32)cc1. The second kappa shape index (κ2) is 46.5. The Balaban J connectivity index is 0.000000301. The maximum absolute atomic E-state index is 12.9. The molecule has 9 rings (SSSR count). The van der Waals surface area contributed by atoms with E-state index in [0.29, 0.717) is 61.8 Å². The average Bonchev–Trinajstić information content (AvgIpc) is 1.45. The molecule has 0 bridgehead atoms. The van der Waals surface area contributed by atoms with Crippen molar-refractivity contribution in [2.24, 2.45) is 16.2 Å². The van der Waals surface area contributed by atoms with Gasteiger partial charge in [-0.25, -0.2) is 18.0 Å². The maximum atomic E-state index is 12.9. The number of carbonyl (C=O) groups is 7. The third-order valence-corrected chi connectivity index (χ3v) is 27.9. The van der Waals surface area contributed by atoms with Crippen LogP contribution in [0.15, 0.2) is 133 Å². The number of anilines is 2. The van der Waals surface area contributed by atoms with E-state index in [0.717, 1.165) is 51.4 Å². The molecular formula is C85H101F3I6N2O17S2. The topological polar surface area (TPSA) is 287 Å². The molecule has 0 aliphatic heterocycles. The number of phenolic OH excluding ortho intramolecular Hbond substituents is 2. The first-order valence-corrected chi connectivity index (χ1v) is 46.3. The predicted molar refractivity (Wildman–Crippen MR) is 499 cm³/mol. The second-order valence-electron chi connectivity index (χ2n) is 29.3. The van der Waals surface area contributed by atoms with Gasteiger partial charge in [-0.15, -0.1) is 0 Å². The molecule has 8 aromatic rings. The summed E-state index contributed by atoms with van der Waals surface area (Å²) in [6.07, 6.45) is 0.264. The van der Waals surface area contributed by atoms with Crippen molar-refractivity contribution in [2.45, 2.75) is 198 Å². The molecule has 0 radical (unpaired) electrons. The molecule has 1 fully saturated rings. The molecule has 3 atom stereocenters. The number of halogens is 9. The standard InChI is InChI=1S/C19H23I3N2O6.C18H13S.C16H18F3IO7S.C12H22O2.C10H12I2O.C10H14O/c1-6-19(4,5)18(28)30-8-7-29-17(27)11-12(20)15(23-9(2)25)14(22)16(13(11)21)24-10(3)26;1-2-8-14(9-3-1)19-17-12-6-4-10-15(17)16-11-5-7-13-18(16)19;1-4-15(2,3)14(22)26-11-7-9(5-6-10(11)20)13(21)27-12(16(17,18)19)8-28(23,24)25;1-5-11(2,3)10(13)14-12(4)8-6-7-9-12;1-3-6(2)7-4-8(11)10(13)9(12)5-7;1-3-8(2)9-4-6-10(11)7-5-9/h6-8H2,1-5H3,(H,23,25)(H,24,26);1-13H;5-7,12H,4,8H2,1-3H3,(H,23,24,25);5-9H2,1-4H3;4-6,13H,3H2,1-2H3;4-8,11H,3H2,1-2H3/q;+1;;;;/p-1. The summed E-state index contributed by atoms with van der Waals surface area (Å²) >= 11 is 12.1. The van der Waals surface area contributed by atoms with Crippen LogP contribution in [0.1, 0.15) is 212 Å². The third-order valence-electron chi connectivity index (χ3n) is 19.1. The van der Waals surface area contributed by atoms with Gasteiger partial charge in [-0.2, -0.15) is 13.2 Å². The molecular weight excluding hydrogens is 2200 g/mol. The van der Waals surface area contributed by atoms with Crippen molar-refractivity contribution in [3.63, 3.8) is 0 Å². The number of hydrogen-bond acceptors (Lipinski definition) is 17. The Morgan fingerprint density at radius 3 is 1.46 bits per heavy atom. The number of ether oxygens (including phenoxy) is 5. The van der Waals surface area contributed by atoms with Gasteiger partial charge in [0.1, 0.15) is 36.1 Å². The molecule has 1 aliphatic carbocycles. The van der Waals surface area contributed by atoms with Crippen LogP contribution in [0.5, 0.6) is 17.2 Å². The van der Waals surface area contributed by atoms with E-state index in [-0.39, 0.29) is 69.8 Å². The number of aromatic hydroxyl groups is 2. The highest BCUT2D eigenvalue weighted by atomic mass is 127. The van der Waals surface area contributed by atoms with E-state index in [1.165, 1.54) is 69.0 Å². The molecule has 0 spiro atoms. The van der Waals surface area contributed by atoms with Crippen LogP contribution < -0.4 is 15.4 Å². The molecule has 3 unspecified atom stereocenters. The van der Waals surface area contributed by atoms with Gasteiger partial charge in [0.2, 0.25) is 17.9 Å². The van der Waals surface area contributed by atoms with Gasteiger partial charge in [-0.1, -0.05) is 103 Å². The van der Waals surface area contributed by atoms with Gasteiger partial charge in [-0.3, -0.25) is 24.0 Å². The fourth-order valence-electron chi connectivity index (χ4n) is 10.3. The zero-order valence-electron chi connectivity index (χ0n) is 67.2. The van der Waals surface area contributed by atoms with E-state index >= 15 is 0 Å². The van der Waals surface area contributed by atoms with E-state index in [1.807, 2.05) is 108 Å². The molecule has 628 valence electrons. The van der Waals surface area contributed by atoms with Crippen molar-refractivity contribution in [1.82, 2.24) is 0 Å². The molecule has 1 aromatic heterocycles. The molecule has 19 nitrogen and oxygen atoms in total. The second-order valence-corrected chi connectivity index (χ2v) is 39.4. The van der Waals surface area contributed by atoms with Crippen LogP contribution in [-0.4, -0.2) is 102 Å². The van der Waals surface area contributed by atoms with Gasteiger partial charge in [0.15, 0.2) is 14.3 Å². The Kier molecular flexibility index (Phi) is 41.3. The summed E-state index contributed by atoms with van der Waals surface area (Å²) in [4.78, 5) is 85.5. The number of carbonyl (C=O) groups excluding carboxylic acids is 7. The first-order valence-electron chi connectivity index (χ1n) is 37.0. The molecule has 1 aliphatic rings. The van der Waals surface area contributed by atoms with E-state index < -0.39 is 62.5 Å². The number of esters is 5. The number of rotatable bonds is 23. The number of fused-ring (bicyclic) bond motifs is 3. The lowest BCUT2D eigenvalue weighted by Crippen LogP contribution is -2.39. The van der Waals surface area contributed by atoms with Crippen LogP contribution in [0.3, 0.4) is 0 Å². The van der Waals surface area contributed by atoms with Gasteiger partial charge in [-0.05, 0) is 344 Å². The first-order chi connectivity index (χ1) is 53.5. The summed E-state index contributed by atoms with van der Waals surface area (Å²) in [5, 5.41) is 26.8. The van der Waals surface area contributed by atoms with Crippen molar-refractivity contribution in [1.29, 1.82) is 0 Å². The fourth-order valence-corrected chi connectivity index (χ4v) is 19.7. The van der Waals surface area contributed by atoms with Gasteiger partial charge < -0.3 is 49.1 Å². The average molecular weight is 2310 g/mol. The van der Waals surface area contributed by atoms with Gasteiger partial charge >= 0.3 is 36.0 Å². The maximum Gasteiger partial charge on any atom is 0.426 e. The Hall–Kier alpha value is -5.27. The lowest BCUT2D eigenvalue weighted by atomic mass is 9.90. The number of benzene rings is 7. The normalized spacial score (nSPS) is 13.3. The monoisotopic (exact) mass is 2300 g/mol. The highest BCUT2D eigenvalue weighted by molar-refractivity contribution is 14.1. The van der Waals surface area contributed by atoms with Crippen molar-refractivity contribution >= 4 is 229 Å². The Morgan fingerprint density at radius 2 is 1.01 bits per heavy atom. The molecule has 1 saturated carbocycles. The first kappa shape index (κ1) is 102. The lowest BCUT2D eigenvalue weighted by Gasteiger charge is -2.29. The number of phenols is 2. The predicted octanol–water partition coefficient (Wildman–Crippen LogP) is 23.9. The Labute approximate surface area is 757 Å². The molecule has 115 heavy (non-hydrogen) atoms. The molecule has 7 aromatic carbocycles. The summed E-state index contributed by atoms with van der Waals surface area (Å²) in [5.74, 6) is -3.90. The number of alkyl halides is 3. The highest BCUT2D eigenvalue weighted by Crippen LogP contribution is 2.48. The van der Waals surface area contributed by atoms with Crippen LogP contribution in [0.2, 0.25) is 0 Å². The van der Waals surface area contributed by atoms with Gasteiger partial charge in [0, 0.05) is 35.1 Å². The van der Waals surface area contributed by atoms with Crippen LogP contribution in [-0.2, 0) is 53.0 Å². The number of amides is 2. The van der Waals surface area contributed by atoms with Crippen LogP contribution in [0.4, 0.5) is 24.5 Å². The van der Waals surface area contributed by atoms with Crippen LogP contribution >= 0.6 is 146 Å². The van der Waals surface area contributed by atoms with E-state index in [4.69, 9.17) is 24.1 Å². The smallest absolute Gasteiger partial charge is 0.426 e. The highest BCUT2D eigenvalue weighted by Gasteiger charge is 2.45. The Morgan fingerprint density at radius 1 is 0.565 bits per heavy atom. The fraction of sp³-hybridized carbons (Fsp3) is 0.424. The van der Waals surface area contributed by atoms with Crippen LogP contribution in [0, 0.1) is 37.7 Å². The molecule has 1 heterocycles. The zero-order chi connectivity index (χ0) is 86.9. The largest absolute Gasteiger partial charge is 0.748 e. The van der Waals surface area contributed by atoms with E-state index in [1.54, 1.807) is 69.3 Å². The van der Waals surface area contributed by atoms with Crippen molar-refractivity contribution in [3.8, 4) is 22.1 Å². The minimum absolute atomic E-state index is 0.0376. The van der Waals surface area contributed by atoms with Crippen molar-refractivity contribution in [2.75, 3.05) is 29.6 Å². The zero-order valence-corrected chi connectivity index (χ0v) is 81.7. The number of thiophene rings is 1. The van der Waals surface area contributed by atoms with Gasteiger partial charge in [0.25, 0.3) is 0 Å². The lowest BCUT2D eigenvalue weighted by molar-refractivity contribution is -0.197. The summed E-state index contributed by atoms with van der Waals surface area (Å²) in [5.41, 5.74) is 1.30. The third kappa shape index (κ3) is 31.4. The van der Waals surface area contributed by atoms with Gasteiger partial charge in [0.05, 0.1) is 76.0 Å². The number of hydrogen-bond donors (Lipinski definition) is 4. The molecule has 0 saturated heterocycles. The Bertz CT molecular complexity index is 4670. The summed E-state index contributed by atoms with van der Waals surface area (Å²) < 4.78 is 103. The van der Waals surface area contributed by atoms with E-state index in [2.05, 4.69) is 186 Å². The van der Waals surface area contributed by atoms with Crippen molar-refractivity contribution in [3.05, 3.63) is 177 Å². The molecule has 4 N–H and O–H groups in total. The molecule has 2 amide bonds. The van der Waals surface area contributed by atoms with E-state index in [9.17, 15) is 64.8 Å². The summed E-state index contributed by atoms with van der Waals surface area (Å²) in [7, 11) is -5.24. The van der Waals surface area contributed by atoms with Crippen molar-refractivity contribution < 1.29 is 93.6 Å². The number of nitrogens with one attached hydrogen (secondary N) is 2. The minimum atomic E-state index is -5.30. The minimum Gasteiger partial charge on any atom is -0.748 e. The molecule has 30 heteroatoms. The summed E-state index contributed by atoms with van der Waals surface area (Å²) in [6.45, 7) is 29.7.